The molecule has 0 fully saturated rings. The Hall–Kier alpha value is -3.03. The quantitative estimate of drug-likeness (QED) is 0.448. The zero-order valence-electron chi connectivity index (χ0n) is 21.0. The average Bonchev–Trinajstić information content (AvgIpc) is 2.88. The summed E-state index contributed by atoms with van der Waals surface area (Å²) in [6.45, 7) is 7.97. The summed E-state index contributed by atoms with van der Waals surface area (Å²) >= 11 is 0. The van der Waals surface area contributed by atoms with Crippen molar-refractivity contribution in [2.75, 3.05) is 12.3 Å². The van der Waals surface area contributed by atoms with Gasteiger partial charge in [0.2, 0.25) is 0 Å². The van der Waals surface area contributed by atoms with Crippen LogP contribution in [-0.4, -0.2) is 31.5 Å². The molecule has 0 radical (unpaired) electrons. The van der Waals surface area contributed by atoms with E-state index in [0.717, 1.165) is 30.6 Å². The summed E-state index contributed by atoms with van der Waals surface area (Å²) in [7, 11) is -3.24. The van der Waals surface area contributed by atoms with Crippen LogP contribution in [0.2, 0.25) is 0 Å². The molecule has 1 atom stereocenters. The molecule has 0 saturated carbocycles. The van der Waals surface area contributed by atoms with Crippen molar-refractivity contribution in [3.05, 3.63) is 100 Å². The van der Waals surface area contributed by atoms with E-state index >= 15 is 0 Å². The van der Waals surface area contributed by atoms with E-state index in [9.17, 15) is 17.6 Å². The first kappa shape index (κ1) is 26.0. The van der Waals surface area contributed by atoms with Crippen molar-refractivity contribution < 1.29 is 17.6 Å². The van der Waals surface area contributed by atoms with Gasteiger partial charge in [0, 0.05) is 31.2 Å². The zero-order valence-corrected chi connectivity index (χ0v) is 21.8. The minimum atomic E-state index is -3.24. The van der Waals surface area contributed by atoms with Gasteiger partial charge in [-0.3, -0.25) is 9.69 Å². The standard InChI is InChI=1S/C29H33FN2O3S/c1-4-36(34,35)26-12-7-21(8-13-26)18-31-29(33)24-9-14-27-23(17-24)15-16-32(28(27)20(2)3)19-22-5-10-25(30)11-6-22/h5-14,17,20,28H,4,15-16,18-19H2,1-3H3,(H,31,33). The monoisotopic (exact) mass is 508 g/mol. The Morgan fingerprint density at radius 2 is 1.69 bits per heavy atom. The van der Waals surface area contributed by atoms with E-state index < -0.39 is 9.84 Å². The van der Waals surface area contributed by atoms with E-state index in [0.29, 0.717) is 22.9 Å². The number of halogens is 1. The van der Waals surface area contributed by atoms with Crippen LogP contribution in [0.15, 0.2) is 71.6 Å². The Kier molecular flexibility index (Phi) is 7.91. The molecule has 1 N–H and O–H groups in total. The Balaban J connectivity index is 1.45. The number of benzene rings is 3. The maximum atomic E-state index is 13.3. The predicted octanol–water partition coefficient (Wildman–Crippen LogP) is 5.30. The Morgan fingerprint density at radius 3 is 2.33 bits per heavy atom. The fraction of sp³-hybridized carbons (Fsp3) is 0.345. The van der Waals surface area contributed by atoms with Crippen molar-refractivity contribution >= 4 is 15.7 Å². The third-order valence-electron chi connectivity index (χ3n) is 6.83. The smallest absolute Gasteiger partial charge is 0.251 e. The number of hydrogen-bond donors (Lipinski definition) is 1. The van der Waals surface area contributed by atoms with E-state index in [4.69, 9.17) is 0 Å². The Morgan fingerprint density at radius 1 is 1.03 bits per heavy atom. The molecule has 0 saturated heterocycles. The van der Waals surface area contributed by atoms with Gasteiger partial charge in [-0.25, -0.2) is 12.8 Å². The molecular formula is C29H33FN2O3S. The van der Waals surface area contributed by atoms with Crippen LogP contribution in [0.5, 0.6) is 0 Å². The highest BCUT2D eigenvalue weighted by Gasteiger charge is 2.30. The molecule has 1 aliphatic heterocycles. The van der Waals surface area contributed by atoms with Crippen LogP contribution in [0.1, 0.15) is 59.4 Å². The summed E-state index contributed by atoms with van der Waals surface area (Å²) in [5, 5.41) is 2.94. The molecule has 1 aliphatic rings. The van der Waals surface area contributed by atoms with Gasteiger partial charge in [-0.15, -0.1) is 0 Å². The summed E-state index contributed by atoms with van der Waals surface area (Å²) in [6, 6.07) is 19.5. The van der Waals surface area contributed by atoms with Crippen LogP contribution in [0, 0.1) is 11.7 Å². The van der Waals surface area contributed by atoms with E-state index in [-0.39, 0.29) is 23.5 Å². The maximum Gasteiger partial charge on any atom is 0.251 e. The number of fused-ring (bicyclic) bond motifs is 1. The highest BCUT2D eigenvalue weighted by molar-refractivity contribution is 7.91. The van der Waals surface area contributed by atoms with Crippen LogP contribution in [0.4, 0.5) is 4.39 Å². The zero-order chi connectivity index (χ0) is 25.9. The number of carbonyl (C=O) groups is 1. The molecule has 1 heterocycles. The molecule has 7 heteroatoms. The lowest BCUT2D eigenvalue weighted by atomic mass is 9.85. The molecule has 0 bridgehead atoms. The summed E-state index contributed by atoms with van der Waals surface area (Å²) in [6.07, 6.45) is 0.842. The molecular weight excluding hydrogens is 475 g/mol. The second kappa shape index (κ2) is 10.9. The van der Waals surface area contributed by atoms with Gasteiger partial charge in [-0.05, 0) is 71.0 Å². The number of hydrogen-bond acceptors (Lipinski definition) is 4. The van der Waals surface area contributed by atoms with E-state index in [1.54, 1.807) is 31.2 Å². The van der Waals surface area contributed by atoms with E-state index in [1.807, 2.05) is 24.3 Å². The maximum absolute atomic E-state index is 13.3. The Labute approximate surface area is 213 Å². The number of carbonyl (C=O) groups excluding carboxylic acids is 1. The first-order valence-corrected chi connectivity index (χ1v) is 14.0. The number of nitrogens with one attached hydrogen (secondary N) is 1. The van der Waals surface area contributed by atoms with Crippen molar-refractivity contribution in [2.24, 2.45) is 5.92 Å². The third-order valence-corrected chi connectivity index (χ3v) is 8.58. The van der Waals surface area contributed by atoms with Crippen LogP contribution in [0.25, 0.3) is 0 Å². The topological polar surface area (TPSA) is 66.5 Å². The largest absolute Gasteiger partial charge is 0.348 e. The van der Waals surface area contributed by atoms with Crippen molar-refractivity contribution in [3.8, 4) is 0 Å². The summed E-state index contributed by atoms with van der Waals surface area (Å²) < 4.78 is 37.3. The van der Waals surface area contributed by atoms with Gasteiger partial charge in [0.05, 0.1) is 10.6 Å². The lowest BCUT2D eigenvalue weighted by Gasteiger charge is -2.40. The van der Waals surface area contributed by atoms with Crippen LogP contribution < -0.4 is 5.32 Å². The first-order valence-electron chi connectivity index (χ1n) is 12.4. The molecule has 190 valence electrons. The molecule has 4 rings (SSSR count). The van der Waals surface area contributed by atoms with E-state index in [2.05, 4.69) is 30.1 Å². The molecule has 0 spiro atoms. The molecule has 36 heavy (non-hydrogen) atoms. The van der Waals surface area contributed by atoms with Crippen LogP contribution in [-0.2, 0) is 29.3 Å². The van der Waals surface area contributed by atoms with Crippen LogP contribution >= 0.6 is 0 Å². The molecule has 0 aliphatic carbocycles. The minimum Gasteiger partial charge on any atom is -0.348 e. The molecule has 3 aromatic carbocycles. The first-order chi connectivity index (χ1) is 17.2. The minimum absolute atomic E-state index is 0.0586. The van der Waals surface area contributed by atoms with Gasteiger partial charge in [0.25, 0.3) is 5.91 Å². The molecule has 1 unspecified atom stereocenters. The summed E-state index contributed by atoms with van der Waals surface area (Å²) in [5.41, 5.74) is 4.97. The van der Waals surface area contributed by atoms with Gasteiger partial charge in [0.15, 0.2) is 9.84 Å². The lowest BCUT2D eigenvalue weighted by molar-refractivity contribution is 0.0950. The normalized spacial score (nSPS) is 16.1. The van der Waals surface area contributed by atoms with Gasteiger partial charge in [0.1, 0.15) is 5.82 Å². The second-order valence-electron chi connectivity index (χ2n) is 9.68. The molecule has 3 aromatic rings. The number of amides is 1. The lowest BCUT2D eigenvalue weighted by Crippen LogP contribution is -2.38. The number of sulfone groups is 1. The third kappa shape index (κ3) is 5.85. The fourth-order valence-electron chi connectivity index (χ4n) is 4.90. The summed E-state index contributed by atoms with van der Waals surface area (Å²) in [4.78, 5) is 15.6. The Bertz CT molecular complexity index is 1320. The van der Waals surface area contributed by atoms with E-state index in [1.165, 1.54) is 23.3 Å². The predicted molar refractivity (Wildman–Crippen MR) is 140 cm³/mol. The summed E-state index contributed by atoms with van der Waals surface area (Å²) in [5.74, 6) is 0.0558. The van der Waals surface area contributed by atoms with Crippen molar-refractivity contribution in [1.82, 2.24) is 10.2 Å². The van der Waals surface area contributed by atoms with Crippen LogP contribution in [0.3, 0.4) is 0 Å². The number of rotatable bonds is 8. The second-order valence-corrected chi connectivity index (χ2v) is 12.0. The molecule has 1 amide bonds. The van der Waals surface area contributed by atoms with Gasteiger partial charge >= 0.3 is 0 Å². The highest BCUT2D eigenvalue weighted by atomic mass is 32.2. The van der Waals surface area contributed by atoms with Crippen molar-refractivity contribution in [2.45, 2.75) is 51.2 Å². The van der Waals surface area contributed by atoms with Gasteiger partial charge in [-0.2, -0.15) is 0 Å². The van der Waals surface area contributed by atoms with Crippen molar-refractivity contribution in [3.63, 3.8) is 0 Å². The molecule has 0 aromatic heterocycles. The highest BCUT2D eigenvalue weighted by Crippen LogP contribution is 2.36. The number of nitrogens with zero attached hydrogens (tertiary/aromatic N) is 1. The van der Waals surface area contributed by atoms with Crippen molar-refractivity contribution in [1.29, 1.82) is 0 Å². The van der Waals surface area contributed by atoms with Gasteiger partial charge < -0.3 is 5.32 Å². The fourth-order valence-corrected chi connectivity index (χ4v) is 5.78. The SMILES string of the molecule is CCS(=O)(=O)c1ccc(CNC(=O)c2ccc3c(c2)CCN(Cc2ccc(F)cc2)C3C(C)C)cc1. The average molecular weight is 509 g/mol. The van der Waals surface area contributed by atoms with Gasteiger partial charge in [-0.1, -0.05) is 51.1 Å². The molecule has 5 nitrogen and oxygen atoms in total.